The van der Waals surface area contributed by atoms with Crippen LogP contribution >= 0.6 is 46.4 Å². The fourth-order valence-corrected chi connectivity index (χ4v) is 0.814. The molecule has 0 N–H and O–H groups in total. The van der Waals surface area contributed by atoms with Gasteiger partial charge in [0.05, 0.1) is 10.1 Å². The molecule has 0 aliphatic carbocycles. The molecule has 0 nitrogen and oxygen atoms in total. The normalized spacial score (nSPS) is 11.0. The molecule has 0 aromatic rings. The molecule has 0 amide bonds. The van der Waals surface area contributed by atoms with E-state index in [-0.39, 0.29) is 14.6 Å². The monoisotopic (exact) mass is 216 g/mol. The summed E-state index contributed by atoms with van der Waals surface area (Å²) < 4.78 is -0.0511. The van der Waals surface area contributed by atoms with E-state index in [9.17, 15) is 0 Å². The summed E-state index contributed by atoms with van der Waals surface area (Å²) >= 11 is 21.7. The second-order valence-electron chi connectivity index (χ2n) is 1.32. The molecular weight excluding hydrogens is 214 g/mol. The van der Waals surface area contributed by atoms with Crippen LogP contribution in [0.25, 0.3) is 0 Å². The third-order valence-corrected chi connectivity index (χ3v) is 2.02. The molecule has 0 fully saturated rings. The van der Waals surface area contributed by atoms with E-state index in [1.807, 2.05) is 0 Å². The Balaban J connectivity index is 4.51. The Morgan fingerprint density at radius 1 is 1.10 bits per heavy atom. The van der Waals surface area contributed by atoms with Crippen LogP contribution in [0.3, 0.4) is 0 Å². The van der Waals surface area contributed by atoms with Gasteiger partial charge in [-0.1, -0.05) is 59.1 Å². The Morgan fingerprint density at radius 3 is 1.90 bits per heavy atom. The molecule has 4 heteroatoms. The number of hydrogen-bond donors (Lipinski definition) is 0. The number of rotatable bonds is 2. The van der Waals surface area contributed by atoms with Crippen molar-refractivity contribution in [2.24, 2.45) is 0 Å². The Hall–Kier alpha value is 0.380. The largest absolute Gasteiger partial charge is 0.126 e. The van der Waals surface area contributed by atoms with Crippen molar-refractivity contribution < 1.29 is 0 Å². The Labute approximate surface area is 79.7 Å². The first-order valence-corrected chi connectivity index (χ1v) is 3.80. The molecule has 0 aliphatic heterocycles. The van der Waals surface area contributed by atoms with Crippen LogP contribution in [0, 0.1) is 0 Å². The zero-order valence-electron chi connectivity index (χ0n) is 4.87. The quantitative estimate of drug-likeness (QED) is 0.609. The lowest BCUT2D eigenvalue weighted by molar-refractivity contribution is 1.81. The first kappa shape index (κ1) is 10.4. The van der Waals surface area contributed by atoms with Gasteiger partial charge in [0, 0.05) is 0 Å². The van der Waals surface area contributed by atoms with Crippen molar-refractivity contribution in [2.75, 3.05) is 0 Å². The van der Waals surface area contributed by atoms with Gasteiger partial charge >= 0.3 is 0 Å². The van der Waals surface area contributed by atoms with Crippen molar-refractivity contribution in [3.05, 3.63) is 33.3 Å². The van der Waals surface area contributed by atoms with Crippen molar-refractivity contribution in [2.45, 2.75) is 0 Å². The zero-order chi connectivity index (χ0) is 8.15. The van der Waals surface area contributed by atoms with Gasteiger partial charge in [0.1, 0.15) is 4.49 Å². The summed E-state index contributed by atoms with van der Waals surface area (Å²) in [4.78, 5) is 0. The maximum absolute atomic E-state index is 5.56. The minimum atomic E-state index is -0.0511. The lowest BCUT2D eigenvalue weighted by Crippen LogP contribution is -1.71. The molecular formula is C6H4Cl4. The van der Waals surface area contributed by atoms with Crippen LogP contribution < -0.4 is 0 Å². The highest BCUT2D eigenvalue weighted by atomic mass is 35.5. The maximum Gasteiger partial charge on any atom is 0.126 e. The summed E-state index contributed by atoms with van der Waals surface area (Å²) in [5, 5.41) is 0.404. The van der Waals surface area contributed by atoms with E-state index in [0.717, 1.165) is 0 Å². The van der Waals surface area contributed by atoms with E-state index >= 15 is 0 Å². The lowest BCUT2D eigenvalue weighted by atomic mass is 10.5. The highest BCUT2D eigenvalue weighted by Gasteiger charge is 2.01. The molecule has 0 atom stereocenters. The van der Waals surface area contributed by atoms with Crippen molar-refractivity contribution in [3.63, 3.8) is 0 Å². The van der Waals surface area contributed by atoms with E-state index in [1.165, 1.54) is 12.2 Å². The summed E-state index contributed by atoms with van der Waals surface area (Å²) in [6.07, 6.45) is 2.98. The minimum absolute atomic E-state index is 0.0511. The highest BCUT2D eigenvalue weighted by Crippen LogP contribution is 2.27. The number of allylic oxidation sites excluding steroid dienone is 4. The average Bonchev–Trinajstić information content (AvgIpc) is 1.87. The fourth-order valence-electron chi connectivity index (χ4n) is 0.267. The zero-order valence-corrected chi connectivity index (χ0v) is 7.90. The number of hydrogen-bond acceptors (Lipinski definition) is 0. The standard InChI is InChI=1S/C6H4Cl4/c1-2-3-4(7)5(8)6(9)10/h2-3H,1H2/b4-3-. The van der Waals surface area contributed by atoms with Gasteiger partial charge < -0.3 is 0 Å². The fraction of sp³-hybridized carbons (Fsp3) is 0. The van der Waals surface area contributed by atoms with Gasteiger partial charge in [-0.3, -0.25) is 0 Å². The second-order valence-corrected chi connectivity index (χ2v) is 3.06. The summed E-state index contributed by atoms with van der Waals surface area (Å²) in [5.74, 6) is 0. The molecule has 0 aromatic carbocycles. The molecule has 0 bridgehead atoms. The Bertz CT molecular complexity index is 186. The third kappa shape index (κ3) is 3.52. The SMILES string of the molecule is C=C/C=C(\Cl)C(Cl)=C(Cl)Cl. The van der Waals surface area contributed by atoms with E-state index < -0.39 is 0 Å². The first-order valence-electron chi connectivity index (χ1n) is 2.29. The van der Waals surface area contributed by atoms with Crippen molar-refractivity contribution in [3.8, 4) is 0 Å². The van der Waals surface area contributed by atoms with Crippen LogP contribution in [0.4, 0.5) is 0 Å². The molecule has 0 unspecified atom stereocenters. The molecule has 0 radical (unpaired) electrons. The van der Waals surface area contributed by atoms with E-state index in [2.05, 4.69) is 6.58 Å². The van der Waals surface area contributed by atoms with Crippen molar-refractivity contribution in [1.82, 2.24) is 0 Å². The van der Waals surface area contributed by atoms with Crippen LogP contribution in [0.2, 0.25) is 0 Å². The third-order valence-electron chi connectivity index (χ3n) is 0.640. The minimum Gasteiger partial charge on any atom is -0.0990 e. The topological polar surface area (TPSA) is 0 Å². The lowest BCUT2D eigenvalue weighted by Gasteiger charge is -1.92. The van der Waals surface area contributed by atoms with Crippen LogP contribution in [0.5, 0.6) is 0 Å². The smallest absolute Gasteiger partial charge is 0.0990 e. The van der Waals surface area contributed by atoms with Gasteiger partial charge in [0.2, 0.25) is 0 Å². The van der Waals surface area contributed by atoms with Gasteiger partial charge in [-0.2, -0.15) is 0 Å². The molecule has 0 rings (SSSR count). The molecule has 10 heavy (non-hydrogen) atoms. The summed E-state index contributed by atoms with van der Waals surface area (Å²) in [7, 11) is 0. The molecule has 0 saturated carbocycles. The van der Waals surface area contributed by atoms with E-state index in [0.29, 0.717) is 0 Å². The highest BCUT2D eigenvalue weighted by molar-refractivity contribution is 6.61. The molecule has 56 valence electrons. The molecule has 0 aromatic heterocycles. The molecule has 0 spiro atoms. The maximum atomic E-state index is 5.56. The summed E-state index contributed by atoms with van der Waals surface area (Å²) in [6.45, 7) is 3.41. The predicted molar refractivity (Wildman–Crippen MR) is 48.7 cm³/mol. The Morgan fingerprint density at radius 2 is 1.60 bits per heavy atom. The van der Waals surface area contributed by atoms with Crippen molar-refractivity contribution >= 4 is 46.4 Å². The summed E-state index contributed by atoms with van der Waals surface area (Å²) in [6, 6.07) is 0. The number of halogens is 4. The average molecular weight is 218 g/mol. The van der Waals surface area contributed by atoms with Crippen LogP contribution in [0.15, 0.2) is 33.3 Å². The van der Waals surface area contributed by atoms with E-state index in [1.54, 1.807) is 0 Å². The molecule has 0 saturated heterocycles. The van der Waals surface area contributed by atoms with Gasteiger partial charge in [0.25, 0.3) is 0 Å². The van der Waals surface area contributed by atoms with Gasteiger partial charge in [-0.15, -0.1) is 0 Å². The van der Waals surface area contributed by atoms with E-state index in [4.69, 9.17) is 46.4 Å². The first-order chi connectivity index (χ1) is 4.59. The predicted octanol–water partition coefficient (Wildman–Crippen LogP) is 4.18. The summed E-state index contributed by atoms with van der Waals surface area (Å²) in [5.41, 5.74) is 0. The Kier molecular flexibility index (Phi) is 5.28. The van der Waals surface area contributed by atoms with Crippen molar-refractivity contribution in [1.29, 1.82) is 0 Å². The molecule has 0 heterocycles. The van der Waals surface area contributed by atoms with Crippen LogP contribution in [0.1, 0.15) is 0 Å². The van der Waals surface area contributed by atoms with Crippen LogP contribution in [-0.2, 0) is 0 Å². The van der Waals surface area contributed by atoms with Crippen LogP contribution in [-0.4, -0.2) is 0 Å². The molecule has 0 aliphatic rings. The second kappa shape index (κ2) is 5.09. The van der Waals surface area contributed by atoms with Gasteiger partial charge in [-0.25, -0.2) is 0 Å². The van der Waals surface area contributed by atoms with Gasteiger partial charge in [-0.05, 0) is 6.08 Å². The van der Waals surface area contributed by atoms with Gasteiger partial charge in [0.15, 0.2) is 0 Å².